The molecule has 1 aromatic heterocycles. The van der Waals surface area contributed by atoms with Gasteiger partial charge in [-0.3, -0.25) is 9.59 Å². The van der Waals surface area contributed by atoms with E-state index in [1.807, 2.05) is 30.3 Å². The molecule has 0 spiro atoms. The van der Waals surface area contributed by atoms with Crippen LogP contribution in [0.2, 0.25) is 0 Å². The Morgan fingerprint density at radius 1 is 0.962 bits per heavy atom. The highest BCUT2D eigenvalue weighted by atomic mass is 16.4. The molecule has 1 amide bonds. The molecule has 0 radical (unpaired) electrons. The molecule has 0 bridgehead atoms. The number of Topliss-reactive ketones (excluding diaryl/α,β-unsaturated/α-hetero) is 1. The molecule has 1 aliphatic carbocycles. The molecular formula is C20H16N2O4. The van der Waals surface area contributed by atoms with Gasteiger partial charge in [-0.05, 0) is 17.2 Å². The van der Waals surface area contributed by atoms with Gasteiger partial charge in [0.15, 0.2) is 0 Å². The predicted octanol–water partition coefficient (Wildman–Crippen LogP) is 2.09. The molecule has 2 aromatic carbocycles. The van der Waals surface area contributed by atoms with Crippen LogP contribution in [-0.4, -0.2) is 33.3 Å². The van der Waals surface area contributed by atoms with Gasteiger partial charge in [0.1, 0.15) is 5.54 Å². The van der Waals surface area contributed by atoms with Gasteiger partial charge in [0.25, 0.3) is 11.7 Å². The van der Waals surface area contributed by atoms with E-state index in [0.29, 0.717) is 5.39 Å². The predicted molar refractivity (Wildman–Crippen MR) is 95.0 cm³/mol. The first kappa shape index (κ1) is 16.1. The summed E-state index contributed by atoms with van der Waals surface area (Å²) < 4.78 is 0. The van der Waals surface area contributed by atoms with Gasteiger partial charge in [-0.1, -0.05) is 42.5 Å². The Labute approximate surface area is 148 Å². The maximum absolute atomic E-state index is 12.6. The number of carboxylic acids is 1. The number of benzene rings is 2. The van der Waals surface area contributed by atoms with Crippen molar-refractivity contribution in [1.29, 1.82) is 0 Å². The lowest BCUT2D eigenvalue weighted by molar-refractivity contribution is -0.146. The van der Waals surface area contributed by atoms with Crippen molar-refractivity contribution in [3.8, 4) is 0 Å². The molecule has 0 saturated heterocycles. The van der Waals surface area contributed by atoms with Gasteiger partial charge in [0.2, 0.25) is 0 Å². The molecule has 26 heavy (non-hydrogen) atoms. The van der Waals surface area contributed by atoms with Crippen molar-refractivity contribution in [2.24, 2.45) is 0 Å². The Morgan fingerprint density at radius 3 is 2.23 bits per heavy atom. The van der Waals surface area contributed by atoms with Crippen LogP contribution in [-0.2, 0) is 22.4 Å². The minimum atomic E-state index is -1.50. The van der Waals surface area contributed by atoms with Gasteiger partial charge in [-0.25, -0.2) is 4.79 Å². The summed E-state index contributed by atoms with van der Waals surface area (Å²) in [7, 11) is 0. The molecule has 0 unspecified atom stereocenters. The number of amides is 1. The van der Waals surface area contributed by atoms with Crippen LogP contribution in [0.15, 0.2) is 54.7 Å². The van der Waals surface area contributed by atoms with Crippen LogP contribution in [0.5, 0.6) is 0 Å². The molecule has 4 rings (SSSR count). The SMILES string of the molecule is O=C(NC1(C(=O)O)Cc2ccccc2C1)C(=O)c1c[nH]c2ccccc12. The topological polar surface area (TPSA) is 99.3 Å². The van der Waals surface area contributed by atoms with Crippen molar-refractivity contribution in [3.05, 3.63) is 71.4 Å². The molecule has 3 aromatic rings. The Bertz CT molecular complexity index is 1030. The first-order valence-electron chi connectivity index (χ1n) is 8.23. The summed E-state index contributed by atoms with van der Waals surface area (Å²) >= 11 is 0. The minimum absolute atomic E-state index is 0.158. The number of aliphatic carboxylic acids is 1. The van der Waals surface area contributed by atoms with Crippen LogP contribution in [0.25, 0.3) is 10.9 Å². The normalized spacial score (nSPS) is 14.8. The van der Waals surface area contributed by atoms with Crippen molar-refractivity contribution in [2.75, 3.05) is 0 Å². The lowest BCUT2D eigenvalue weighted by Gasteiger charge is -2.25. The Hall–Kier alpha value is -3.41. The summed E-state index contributed by atoms with van der Waals surface area (Å²) in [6, 6.07) is 14.5. The Balaban J connectivity index is 1.62. The van der Waals surface area contributed by atoms with Crippen molar-refractivity contribution < 1.29 is 19.5 Å². The molecule has 6 heteroatoms. The highest BCUT2D eigenvalue weighted by molar-refractivity contribution is 6.45. The van der Waals surface area contributed by atoms with E-state index in [1.54, 1.807) is 18.2 Å². The summed E-state index contributed by atoms with van der Waals surface area (Å²) in [5.41, 5.74) is 1.21. The van der Waals surface area contributed by atoms with E-state index in [4.69, 9.17) is 0 Å². The smallest absolute Gasteiger partial charge is 0.330 e. The Kier molecular flexibility index (Phi) is 3.61. The van der Waals surface area contributed by atoms with Crippen LogP contribution in [0.1, 0.15) is 21.5 Å². The quantitative estimate of drug-likeness (QED) is 0.496. The fourth-order valence-electron chi connectivity index (χ4n) is 3.56. The van der Waals surface area contributed by atoms with E-state index in [1.165, 1.54) is 6.20 Å². The van der Waals surface area contributed by atoms with Gasteiger partial charge >= 0.3 is 5.97 Å². The van der Waals surface area contributed by atoms with Crippen LogP contribution in [0.4, 0.5) is 0 Å². The first-order chi connectivity index (χ1) is 12.5. The van der Waals surface area contributed by atoms with Crippen LogP contribution in [0, 0.1) is 0 Å². The number of ketones is 1. The van der Waals surface area contributed by atoms with E-state index < -0.39 is 23.2 Å². The third-order valence-corrected chi connectivity index (χ3v) is 4.91. The van der Waals surface area contributed by atoms with Crippen molar-refractivity contribution in [2.45, 2.75) is 18.4 Å². The van der Waals surface area contributed by atoms with E-state index in [0.717, 1.165) is 16.6 Å². The molecule has 0 atom stereocenters. The molecule has 0 fully saturated rings. The lowest BCUT2D eigenvalue weighted by atomic mass is 9.95. The van der Waals surface area contributed by atoms with Crippen LogP contribution < -0.4 is 5.32 Å². The minimum Gasteiger partial charge on any atom is -0.479 e. The van der Waals surface area contributed by atoms with E-state index in [9.17, 15) is 19.5 Å². The fourth-order valence-corrected chi connectivity index (χ4v) is 3.56. The molecular weight excluding hydrogens is 332 g/mol. The van der Waals surface area contributed by atoms with Gasteiger partial charge in [0.05, 0.1) is 5.56 Å². The van der Waals surface area contributed by atoms with E-state index >= 15 is 0 Å². The molecule has 0 aliphatic heterocycles. The number of rotatable bonds is 4. The number of nitrogens with one attached hydrogen (secondary N) is 2. The molecule has 130 valence electrons. The zero-order valence-corrected chi connectivity index (χ0v) is 13.8. The Morgan fingerprint density at radius 2 is 1.58 bits per heavy atom. The third kappa shape index (κ3) is 2.47. The van der Waals surface area contributed by atoms with Gasteiger partial charge < -0.3 is 15.4 Å². The first-order valence-corrected chi connectivity index (χ1v) is 8.23. The number of fused-ring (bicyclic) bond motifs is 2. The van der Waals surface area contributed by atoms with Crippen LogP contribution in [0.3, 0.4) is 0 Å². The number of carbonyl (C=O) groups excluding carboxylic acids is 2. The monoisotopic (exact) mass is 348 g/mol. The number of hydrogen-bond donors (Lipinski definition) is 3. The highest BCUT2D eigenvalue weighted by Crippen LogP contribution is 2.30. The molecule has 1 aliphatic rings. The van der Waals surface area contributed by atoms with Crippen molar-refractivity contribution in [3.63, 3.8) is 0 Å². The molecule has 3 N–H and O–H groups in total. The number of aromatic amines is 1. The number of aromatic nitrogens is 1. The van der Waals surface area contributed by atoms with E-state index in [-0.39, 0.29) is 18.4 Å². The average molecular weight is 348 g/mol. The number of para-hydroxylation sites is 1. The number of carboxylic acid groups (broad SMARTS) is 1. The van der Waals surface area contributed by atoms with Crippen LogP contribution >= 0.6 is 0 Å². The molecule has 0 saturated carbocycles. The van der Waals surface area contributed by atoms with Gasteiger partial charge in [0, 0.05) is 29.9 Å². The second kappa shape index (κ2) is 5.84. The summed E-state index contributed by atoms with van der Waals surface area (Å²) in [5.74, 6) is -2.81. The molecule has 1 heterocycles. The summed E-state index contributed by atoms with van der Waals surface area (Å²) in [5, 5.41) is 12.9. The number of hydrogen-bond acceptors (Lipinski definition) is 3. The summed E-state index contributed by atoms with van der Waals surface area (Å²) in [4.78, 5) is 40.0. The maximum Gasteiger partial charge on any atom is 0.330 e. The summed E-state index contributed by atoms with van der Waals surface area (Å²) in [6.07, 6.45) is 1.79. The van der Waals surface area contributed by atoms with Gasteiger partial charge in [-0.15, -0.1) is 0 Å². The summed E-state index contributed by atoms with van der Waals surface area (Å²) in [6.45, 7) is 0. The zero-order chi connectivity index (χ0) is 18.3. The number of H-pyrrole nitrogens is 1. The second-order valence-electron chi connectivity index (χ2n) is 6.54. The highest BCUT2D eigenvalue weighted by Gasteiger charge is 2.46. The fraction of sp³-hybridized carbons (Fsp3) is 0.150. The maximum atomic E-state index is 12.6. The lowest BCUT2D eigenvalue weighted by Crippen LogP contribution is -2.57. The average Bonchev–Trinajstić information content (AvgIpc) is 3.22. The third-order valence-electron chi connectivity index (χ3n) is 4.91. The number of carbonyl (C=O) groups is 3. The van der Waals surface area contributed by atoms with Crippen molar-refractivity contribution >= 4 is 28.6 Å². The zero-order valence-electron chi connectivity index (χ0n) is 13.8. The largest absolute Gasteiger partial charge is 0.479 e. The van der Waals surface area contributed by atoms with Gasteiger partial charge in [-0.2, -0.15) is 0 Å². The van der Waals surface area contributed by atoms with E-state index in [2.05, 4.69) is 10.3 Å². The standard InChI is InChI=1S/C20H16N2O4/c23-17(15-11-21-16-8-4-3-7-14(15)16)18(24)22-20(19(25)26)9-12-5-1-2-6-13(12)10-20/h1-8,11,21H,9-10H2,(H,22,24)(H,25,26). The second-order valence-corrected chi connectivity index (χ2v) is 6.54. The van der Waals surface area contributed by atoms with Crippen molar-refractivity contribution in [1.82, 2.24) is 10.3 Å². The molecule has 6 nitrogen and oxygen atoms in total.